The molecule has 0 aromatic carbocycles. The third kappa shape index (κ3) is 19.5. The van der Waals surface area contributed by atoms with E-state index in [9.17, 15) is 4.79 Å². The monoisotopic (exact) mass is 370 g/mol. The zero-order valence-corrected chi connectivity index (χ0v) is 17.4. The summed E-state index contributed by atoms with van der Waals surface area (Å²) < 4.78 is 10.0. The lowest BCUT2D eigenvalue weighted by Crippen LogP contribution is -2.22. The number of allylic oxidation sites excluding steroid dienone is 2. The highest BCUT2D eigenvalue weighted by atomic mass is 16.7. The molecule has 0 aliphatic rings. The topological polar surface area (TPSA) is 55.8 Å². The van der Waals surface area contributed by atoms with Crippen molar-refractivity contribution < 1.29 is 19.4 Å². The van der Waals surface area contributed by atoms with E-state index in [4.69, 9.17) is 14.6 Å². The normalized spacial score (nSPS) is 13.8. The molecule has 0 bridgehead atoms. The predicted octanol–water partition coefficient (Wildman–Crippen LogP) is 6.27. The lowest BCUT2D eigenvalue weighted by molar-refractivity contribution is -0.214. The third-order valence-corrected chi connectivity index (χ3v) is 4.33. The van der Waals surface area contributed by atoms with Crippen LogP contribution < -0.4 is 0 Å². The second kappa shape index (κ2) is 18.9. The van der Waals surface area contributed by atoms with Crippen molar-refractivity contribution in [2.75, 3.05) is 0 Å². The summed E-state index contributed by atoms with van der Waals surface area (Å²) >= 11 is 0. The van der Waals surface area contributed by atoms with Crippen molar-refractivity contribution in [1.82, 2.24) is 0 Å². The van der Waals surface area contributed by atoms with Gasteiger partial charge in [-0.25, -0.2) is 0 Å². The van der Waals surface area contributed by atoms with Crippen LogP contribution in [0.25, 0.3) is 0 Å². The predicted molar refractivity (Wildman–Crippen MR) is 108 cm³/mol. The summed E-state index contributed by atoms with van der Waals surface area (Å²) in [6.07, 6.45) is 19.6. The van der Waals surface area contributed by atoms with E-state index < -0.39 is 12.6 Å². The summed E-state index contributed by atoms with van der Waals surface area (Å²) in [6, 6.07) is 0. The molecule has 0 heterocycles. The van der Waals surface area contributed by atoms with Crippen LogP contribution in [0.1, 0.15) is 111 Å². The number of hydrogen-bond acceptors (Lipinski definition) is 4. The van der Waals surface area contributed by atoms with Crippen molar-refractivity contribution in [1.29, 1.82) is 0 Å². The van der Waals surface area contributed by atoms with Gasteiger partial charge < -0.3 is 14.6 Å². The highest BCUT2D eigenvalue weighted by molar-refractivity contribution is 5.69. The standard InChI is InChI=1S/C22H42O4/c1-4-5-6-7-8-9-10-11-12-13-14-15-16-17-18-19-22(24)26-21(3)25-20(2)23/h11-12,20-21,23H,4-10,13-19H2,1-3H3. The molecule has 0 aliphatic carbocycles. The third-order valence-electron chi connectivity index (χ3n) is 4.33. The Bertz CT molecular complexity index is 339. The average Bonchev–Trinajstić information content (AvgIpc) is 2.57. The zero-order chi connectivity index (χ0) is 19.5. The van der Waals surface area contributed by atoms with Crippen LogP contribution in [-0.4, -0.2) is 23.7 Å². The molecular weight excluding hydrogens is 328 g/mol. The van der Waals surface area contributed by atoms with E-state index in [0.29, 0.717) is 6.42 Å². The first-order valence-corrected chi connectivity index (χ1v) is 10.7. The second-order valence-electron chi connectivity index (χ2n) is 7.13. The second-order valence-corrected chi connectivity index (χ2v) is 7.13. The van der Waals surface area contributed by atoms with Gasteiger partial charge in [0, 0.05) is 6.42 Å². The van der Waals surface area contributed by atoms with Crippen LogP contribution in [0.4, 0.5) is 0 Å². The highest BCUT2D eigenvalue weighted by Gasteiger charge is 2.11. The SMILES string of the molecule is CCCCCCCCC=CCCCCCCCC(=O)OC(C)OC(C)O. The average molecular weight is 371 g/mol. The molecule has 0 spiro atoms. The van der Waals surface area contributed by atoms with Gasteiger partial charge in [-0.2, -0.15) is 0 Å². The zero-order valence-electron chi connectivity index (χ0n) is 17.4. The molecule has 154 valence electrons. The van der Waals surface area contributed by atoms with E-state index in [-0.39, 0.29) is 5.97 Å². The van der Waals surface area contributed by atoms with Gasteiger partial charge in [0.1, 0.15) is 0 Å². The van der Waals surface area contributed by atoms with Gasteiger partial charge in [-0.1, -0.05) is 70.4 Å². The minimum absolute atomic E-state index is 0.254. The molecule has 2 unspecified atom stereocenters. The maximum atomic E-state index is 11.6. The van der Waals surface area contributed by atoms with Crippen LogP contribution in [-0.2, 0) is 14.3 Å². The summed E-state index contributed by atoms with van der Waals surface area (Å²) in [5.41, 5.74) is 0. The molecule has 0 saturated carbocycles. The van der Waals surface area contributed by atoms with Gasteiger partial charge in [0.25, 0.3) is 0 Å². The molecule has 0 fully saturated rings. The first-order chi connectivity index (χ1) is 12.6. The molecule has 0 rings (SSSR count). The lowest BCUT2D eigenvalue weighted by Gasteiger charge is -2.15. The van der Waals surface area contributed by atoms with Crippen LogP contribution in [0.2, 0.25) is 0 Å². The molecule has 0 aromatic rings. The van der Waals surface area contributed by atoms with E-state index in [1.165, 1.54) is 71.1 Å². The quantitative estimate of drug-likeness (QED) is 0.134. The summed E-state index contributed by atoms with van der Waals surface area (Å²) in [7, 11) is 0. The molecule has 2 atom stereocenters. The lowest BCUT2D eigenvalue weighted by atomic mass is 10.1. The van der Waals surface area contributed by atoms with Gasteiger partial charge in [0.15, 0.2) is 6.29 Å². The van der Waals surface area contributed by atoms with Crippen molar-refractivity contribution in [2.45, 2.75) is 123 Å². The molecule has 26 heavy (non-hydrogen) atoms. The van der Waals surface area contributed by atoms with Crippen molar-refractivity contribution >= 4 is 5.97 Å². The fourth-order valence-electron chi connectivity index (χ4n) is 2.89. The fourth-order valence-corrected chi connectivity index (χ4v) is 2.89. The number of rotatable bonds is 18. The van der Waals surface area contributed by atoms with Gasteiger partial charge in [-0.3, -0.25) is 4.79 Å². The minimum Gasteiger partial charge on any atom is -0.436 e. The van der Waals surface area contributed by atoms with Crippen molar-refractivity contribution in [3.63, 3.8) is 0 Å². The Hall–Kier alpha value is -0.870. The Morgan fingerprint density at radius 2 is 1.35 bits per heavy atom. The summed E-state index contributed by atoms with van der Waals surface area (Å²) in [5, 5.41) is 9.03. The molecule has 1 N–H and O–H groups in total. The number of hydrogen-bond donors (Lipinski definition) is 1. The van der Waals surface area contributed by atoms with Crippen molar-refractivity contribution in [3.8, 4) is 0 Å². The smallest absolute Gasteiger partial charge is 0.308 e. The van der Waals surface area contributed by atoms with Gasteiger partial charge in [0.2, 0.25) is 6.29 Å². The molecule has 0 amide bonds. The van der Waals surface area contributed by atoms with Crippen LogP contribution in [0.3, 0.4) is 0 Å². The van der Waals surface area contributed by atoms with Gasteiger partial charge in [-0.05, 0) is 46.0 Å². The van der Waals surface area contributed by atoms with Gasteiger partial charge in [-0.15, -0.1) is 0 Å². The summed E-state index contributed by atoms with van der Waals surface area (Å²) in [5.74, 6) is -0.254. The number of ether oxygens (including phenoxy) is 2. The molecule has 4 nitrogen and oxygen atoms in total. The molecule has 0 aromatic heterocycles. The molecule has 0 aliphatic heterocycles. The van der Waals surface area contributed by atoms with Crippen LogP contribution >= 0.6 is 0 Å². The van der Waals surface area contributed by atoms with Gasteiger partial charge >= 0.3 is 5.97 Å². The van der Waals surface area contributed by atoms with Crippen molar-refractivity contribution in [3.05, 3.63) is 12.2 Å². The summed E-state index contributed by atoms with van der Waals surface area (Å²) in [6.45, 7) is 5.37. The molecule has 0 saturated heterocycles. The number of carbonyl (C=O) groups is 1. The minimum atomic E-state index is -0.919. The van der Waals surface area contributed by atoms with E-state index in [1.807, 2.05) is 0 Å². The number of carbonyl (C=O) groups excluding carboxylic acids is 1. The Morgan fingerprint density at radius 1 is 0.846 bits per heavy atom. The molecule has 0 radical (unpaired) electrons. The van der Waals surface area contributed by atoms with E-state index >= 15 is 0 Å². The maximum Gasteiger partial charge on any atom is 0.308 e. The van der Waals surface area contributed by atoms with E-state index in [1.54, 1.807) is 6.92 Å². The number of aliphatic hydroxyl groups excluding tert-OH is 1. The first kappa shape index (κ1) is 25.1. The number of unbranched alkanes of at least 4 members (excludes halogenated alkanes) is 11. The van der Waals surface area contributed by atoms with E-state index in [2.05, 4.69) is 19.1 Å². The molecular formula is C22H42O4. The highest BCUT2D eigenvalue weighted by Crippen LogP contribution is 2.10. The maximum absolute atomic E-state index is 11.6. The Morgan fingerprint density at radius 3 is 1.88 bits per heavy atom. The Labute approximate surface area is 161 Å². The van der Waals surface area contributed by atoms with Crippen LogP contribution in [0.5, 0.6) is 0 Å². The Balaban J connectivity index is 3.30. The van der Waals surface area contributed by atoms with Crippen LogP contribution in [0, 0.1) is 0 Å². The largest absolute Gasteiger partial charge is 0.436 e. The van der Waals surface area contributed by atoms with Crippen molar-refractivity contribution in [2.24, 2.45) is 0 Å². The van der Waals surface area contributed by atoms with Crippen LogP contribution in [0.15, 0.2) is 12.2 Å². The van der Waals surface area contributed by atoms with Gasteiger partial charge in [0.05, 0.1) is 0 Å². The fraction of sp³-hybridized carbons (Fsp3) is 0.864. The summed E-state index contributed by atoms with van der Waals surface area (Å²) in [4.78, 5) is 11.6. The number of aliphatic hydroxyl groups is 1. The number of esters is 1. The van der Waals surface area contributed by atoms with E-state index in [0.717, 1.165) is 19.3 Å². The Kier molecular flexibility index (Phi) is 18.3. The molecule has 4 heteroatoms. The first-order valence-electron chi connectivity index (χ1n) is 10.7.